The van der Waals surface area contributed by atoms with Gasteiger partial charge in [0.05, 0.1) is 30.5 Å². The summed E-state index contributed by atoms with van der Waals surface area (Å²) in [6.45, 7) is 5.35. The molecule has 0 bridgehead atoms. The van der Waals surface area contributed by atoms with Gasteiger partial charge in [0.15, 0.2) is 0 Å². The highest BCUT2D eigenvalue weighted by molar-refractivity contribution is 7.18. The van der Waals surface area contributed by atoms with E-state index in [0.717, 1.165) is 23.4 Å². The first kappa shape index (κ1) is 15.1. The molecule has 1 aromatic heterocycles. The predicted octanol–water partition coefficient (Wildman–Crippen LogP) is 2.83. The normalized spacial score (nSPS) is 14.6. The number of esters is 1. The monoisotopic (exact) mass is 298 g/mol. The first-order valence-corrected chi connectivity index (χ1v) is 7.72. The second-order valence-electron chi connectivity index (χ2n) is 5.20. The van der Waals surface area contributed by atoms with Gasteiger partial charge in [-0.15, -0.1) is 11.3 Å². The summed E-state index contributed by atoms with van der Waals surface area (Å²) in [5.41, 5.74) is 7.78. The number of anilines is 2. The van der Waals surface area contributed by atoms with Gasteiger partial charge in [-0.2, -0.15) is 0 Å². The molecule has 0 aromatic carbocycles. The summed E-state index contributed by atoms with van der Waals surface area (Å²) >= 11 is 1.38. The fourth-order valence-electron chi connectivity index (χ4n) is 2.07. The van der Waals surface area contributed by atoms with E-state index in [0.29, 0.717) is 29.6 Å². The van der Waals surface area contributed by atoms with Crippen LogP contribution >= 0.6 is 11.3 Å². The molecule has 1 aliphatic rings. The maximum absolute atomic E-state index is 11.7. The van der Waals surface area contributed by atoms with E-state index in [4.69, 9.17) is 15.2 Å². The summed E-state index contributed by atoms with van der Waals surface area (Å²) in [6, 6.07) is 0. The summed E-state index contributed by atoms with van der Waals surface area (Å²) in [4.78, 5) is 12.2. The molecule has 1 aromatic rings. The molecule has 1 heterocycles. The molecule has 0 unspecified atom stereocenters. The molecule has 3 N–H and O–H groups in total. The zero-order valence-corrected chi connectivity index (χ0v) is 13.0. The van der Waals surface area contributed by atoms with Gasteiger partial charge in [0.25, 0.3) is 0 Å². The Kier molecular flexibility index (Phi) is 4.88. The van der Waals surface area contributed by atoms with E-state index >= 15 is 0 Å². The first-order chi connectivity index (χ1) is 9.54. The van der Waals surface area contributed by atoms with Crippen LogP contribution in [0.25, 0.3) is 0 Å². The Bertz CT molecular complexity index is 481. The second kappa shape index (κ2) is 6.45. The van der Waals surface area contributed by atoms with E-state index in [1.165, 1.54) is 18.4 Å². The third-order valence-electron chi connectivity index (χ3n) is 3.18. The van der Waals surface area contributed by atoms with Crippen LogP contribution in [0.2, 0.25) is 0 Å². The number of nitrogen functional groups attached to an aromatic ring is 1. The van der Waals surface area contributed by atoms with Gasteiger partial charge in [0, 0.05) is 12.1 Å². The Balaban J connectivity index is 2.08. The topological polar surface area (TPSA) is 73.6 Å². The zero-order chi connectivity index (χ0) is 14.7. The van der Waals surface area contributed by atoms with Crippen LogP contribution in [-0.2, 0) is 9.47 Å². The lowest BCUT2D eigenvalue weighted by atomic mass is 10.1. The van der Waals surface area contributed by atoms with Crippen molar-refractivity contribution in [3.63, 3.8) is 0 Å². The number of ether oxygens (including phenoxy) is 2. The number of hydrogen-bond acceptors (Lipinski definition) is 6. The minimum atomic E-state index is -0.360. The maximum Gasteiger partial charge on any atom is 0.350 e. The van der Waals surface area contributed by atoms with Crippen LogP contribution in [0.1, 0.15) is 47.8 Å². The van der Waals surface area contributed by atoms with E-state index in [-0.39, 0.29) is 12.1 Å². The van der Waals surface area contributed by atoms with Gasteiger partial charge < -0.3 is 20.5 Å². The minimum Gasteiger partial charge on any atom is -0.465 e. The van der Waals surface area contributed by atoms with Crippen molar-refractivity contribution in [3.8, 4) is 0 Å². The van der Waals surface area contributed by atoms with Gasteiger partial charge in [-0.3, -0.25) is 0 Å². The molecule has 20 heavy (non-hydrogen) atoms. The van der Waals surface area contributed by atoms with Crippen LogP contribution in [0, 0.1) is 0 Å². The average molecular weight is 298 g/mol. The van der Waals surface area contributed by atoms with Crippen molar-refractivity contribution < 1.29 is 14.3 Å². The van der Waals surface area contributed by atoms with Crippen molar-refractivity contribution in [2.45, 2.75) is 38.7 Å². The summed E-state index contributed by atoms with van der Waals surface area (Å²) in [7, 11) is 1.38. The summed E-state index contributed by atoms with van der Waals surface area (Å²) in [5, 5.41) is 4.32. The lowest BCUT2D eigenvalue weighted by Crippen LogP contribution is -2.13. The second-order valence-corrected chi connectivity index (χ2v) is 6.22. The number of rotatable bonds is 7. The van der Waals surface area contributed by atoms with E-state index < -0.39 is 0 Å². The predicted molar refractivity (Wildman–Crippen MR) is 81.6 cm³/mol. The van der Waals surface area contributed by atoms with Crippen LogP contribution in [0.4, 0.5) is 10.7 Å². The van der Waals surface area contributed by atoms with Gasteiger partial charge >= 0.3 is 5.97 Å². The van der Waals surface area contributed by atoms with Crippen LogP contribution in [-0.4, -0.2) is 32.3 Å². The lowest BCUT2D eigenvalue weighted by Gasteiger charge is -2.10. The SMILES string of the molecule is COC(=O)c1sc(NCCOC(C)C)c(C2CC2)c1N. The molecule has 6 heteroatoms. The molecule has 0 aliphatic heterocycles. The van der Waals surface area contributed by atoms with Gasteiger partial charge in [-0.05, 0) is 32.6 Å². The van der Waals surface area contributed by atoms with Crippen molar-refractivity contribution in [2.24, 2.45) is 0 Å². The van der Waals surface area contributed by atoms with Crippen LogP contribution in [0.15, 0.2) is 0 Å². The molecule has 2 rings (SSSR count). The Morgan fingerprint density at radius 1 is 1.50 bits per heavy atom. The summed E-state index contributed by atoms with van der Waals surface area (Å²) < 4.78 is 10.3. The fraction of sp³-hybridized carbons (Fsp3) is 0.643. The smallest absolute Gasteiger partial charge is 0.350 e. The third-order valence-corrected chi connectivity index (χ3v) is 4.34. The Hall–Kier alpha value is -1.27. The first-order valence-electron chi connectivity index (χ1n) is 6.90. The molecule has 0 atom stereocenters. The van der Waals surface area contributed by atoms with Gasteiger partial charge in [0.2, 0.25) is 0 Å². The number of thiophene rings is 1. The van der Waals surface area contributed by atoms with Gasteiger partial charge in [0.1, 0.15) is 4.88 Å². The Morgan fingerprint density at radius 2 is 2.20 bits per heavy atom. The van der Waals surface area contributed by atoms with E-state index in [1.807, 2.05) is 13.8 Å². The highest BCUT2D eigenvalue weighted by atomic mass is 32.1. The molecule has 0 amide bonds. The van der Waals surface area contributed by atoms with Crippen molar-refractivity contribution in [2.75, 3.05) is 31.3 Å². The molecular formula is C14H22N2O3S. The number of nitrogens with two attached hydrogens (primary N) is 1. The number of hydrogen-bond donors (Lipinski definition) is 2. The van der Waals surface area contributed by atoms with Crippen molar-refractivity contribution in [3.05, 3.63) is 10.4 Å². The quantitative estimate of drug-likeness (QED) is 0.598. The largest absolute Gasteiger partial charge is 0.465 e. The number of nitrogens with one attached hydrogen (secondary N) is 1. The molecule has 1 fully saturated rings. The Labute approximate surface area is 123 Å². The molecule has 0 saturated heterocycles. The molecule has 112 valence electrons. The summed E-state index contributed by atoms with van der Waals surface area (Å²) in [6.07, 6.45) is 2.50. The fourth-order valence-corrected chi connectivity index (χ4v) is 3.22. The zero-order valence-electron chi connectivity index (χ0n) is 12.2. The van der Waals surface area contributed by atoms with E-state index in [9.17, 15) is 4.79 Å². The van der Waals surface area contributed by atoms with Crippen molar-refractivity contribution >= 4 is 28.0 Å². The number of carbonyl (C=O) groups is 1. The molecule has 1 aliphatic carbocycles. The molecule has 0 spiro atoms. The highest BCUT2D eigenvalue weighted by Gasteiger charge is 2.33. The third kappa shape index (κ3) is 3.43. The van der Waals surface area contributed by atoms with Gasteiger partial charge in [-0.1, -0.05) is 0 Å². The molecule has 1 saturated carbocycles. The minimum absolute atomic E-state index is 0.221. The van der Waals surface area contributed by atoms with Crippen LogP contribution in [0.5, 0.6) is 0 Å². The number of methoxy groups -OCH3 is 1. The lowest BCUT2D eigenvalue weighted by molar-refractivity contribution is 0.0607. The van der Waals surface area contributed by atoms with Crippen molar-refractivity contribution in [1.82, 2.24) is 0 Å². The van der Waals surface area contributed by atoms with E-state index in [1.54, 1.807) is 0 Å². The molecular weight excluding hydrogens is 276 g/mol. The molecule has 5 nitrogen and oxygen atoms in total. The van der Waals surface area contributed by atoms with E-state index in [2.05, 4.69) is 5.32 Å². The van der Waals surface area contributed by atoms with Gasteiger partial charge in [-0.25, -0.2) is 4.79 Å². The summed E-state index contributed by atoms with van der Waals surface area (Å²) in [5.74, 6) is 0.124. The average Bonchev–Trinajstić information content (AvgIpc) is 3.18. The number of carbonyl (C=O) groups excluding carboxylic acids is 1. The van der Waals surface area contributed by atoms with Crippen molar-refractivity contribution in [1.29, 1.82) is 0 Å². The van der Waals surface area contributed by atoms with Crippen LogP contribution in [0.3, 0.4) is 0 Å². The molecule has 0 radical (unpaired) electrons. The maximum atomic E-state index is 11.7. The van der Waals surface area contributed by atoms with Crippen LogP contribution < -0.4 is 11.1 Å². The Morgan fingerprint density at radius 3 is 2.75 bits per heavy atom. The standard InChI is InChI=1S/C14H22N2O3S/c1-8(2)19-7-6-16-13-10(9-4-5-9)11(15)12(20-13)14(17)18-3/h8-9,16H,4-7,15H2,1-3H3. The highest BCUT2D eigenvalue weighted by Crippen LogP contribution is 2.50.